The number of amides is 3. The lowest BCUT2D eigenvalue weighted by molar-refractivity contribution is -0.144. The normalized spacial score (nSPS) is 15.1. The Labute approximate surface area is 121 Å². The van der Waals surface area contributed by atoms with Crippen molar-refractivity contribution in [2.24, 2.45) is 0 Å². The van der Waals surface area contributed by atoms with Crippen molar-refractivity contribution in [3.05, 3.63) is 35.9 Å². The zero-order chi connectivity index (χ0) is 14.4. The topological polar surface area (TPSA) is 66.5 Å². The van der Waals surface area contributed by atoms with Crippen LogP contribution in [-0.4, -0.2) is 47.2 Å². The summed E-state index contributed by atoms with van der Waals surface area (Å²) in [5.41, 5.74) is 1.24. The minimum atomic E-state index is -0.413. The van der Waals surface area contributed by atoms with Crippen LogP contribution in [0.4, 0.5) is 0 Å². The van der Waals surface area contributed by atoms with E-state index < -0.39 is 11.8 Å². The first-order chi connectivity index (χ1) is 9.65. The van der Waals surface area contributed by atoms with E-state index in [-0.39, 0.29) is 19.0 Å². The molecule has 5 nitrogen and oxygen atoms in total. The molecule has 1 aromatic rings. The summed E-state index contributed by atoms with van der Waals surface area (Å²) in [6.07, 6.45) is 0.901. The van der Waals surface area contributed by atoms with Gasteiger partial charge in [-0.2, -0.15) is 11.8 Å². The van der Waals surface area contributed by atoms with Gasteiger partial charge < -0.3 is 4.90 Å². The van der Waals surface area contributed by atoms with Gasteiger partial charge >= 0.3 is 0 Å². The summed E-state index contributed by atoms with van der Waals surface area (Å²) >= 11 is 1.52. The van der Waals surface area contributed by atoms with E-state index in [0.717, 1.165) is 12.2 Å². The summed E-state index contributed by atoms with van der Waals surface area (Å²) in [6.45, 7) is -0.0480. The molecule has 0 bridgehead atoms. The number of carbonyl (C=O) groups is 3. The van der Waals surface area contributed by atoms with Crippen LogP contribution in [-0.2, 0) is 20.8 Å². The third kappa shape index (κ3) is 4.38. The molecule has 0 atom stereocenters. The van der Waals surface area contributed by atoms with Crippen molar-refractivity contribution in [2.75, 3.05) is 24.6 Å². The van der Waals surface area contributed by atoms with Crippen LogP contribution < -0.4 is 5.32 Å². The largest absolute Gasteiger partial charge is 0.323 e. The summed E-state index contributed by atoms with van der Waals surface area (Å²) in [6, 6.07) is 10.1. The monoisotopic (exact) mass is 292 g/mol. The van der Waals surface area contributed by atoms with Gasteiger partial charge in [0, 0.05) is 0 Å². The molecule has 3 amide bonds. The first kappa shape index (κ1) is 14.6. The highest BCUT2D eigenvalue weighted by atomic mass is 32.2. The van der Waals surface area contributed by atoms with Gasteiger partial charge in [-0.15, -0.1) is 0 Å². The van der Waals surface area contributed by atoms with Crippen molar-refractivity contribution >= 4 is 29.5 Å². The third-order valence-corrected chi connectivity index (χ3v) is 3.85. The number of imide groups is 1. The number of carbonyl (C=O) groups excluding carboxylic acids is 3. The van der Waals surface area contributed by atoms with Crippen LogP contribution in [0, 0.1) is 0 Å². The second kappa shape index (κ2) is 7.09. The predicted octanol–water partition coefficient (Wildman–Crippen LogP) is 0.447. The summed E-state index contributed by atoms with van der Waals surface area (Å²) < 4.78 is 0. The number of nitrogens with one attached hydrogen (secondary N) is 1. The lowest BCUT2D eigenvalue weighted by Crippen LogP contribution is -2.53. The van der Waals surface area contributed by atoms with Crippen molar-refractivity contribution in [1.29, 1.82) is 0 Å². The van der Waals surface area contributed by atoms with Gasteiger partial charge in [0.15, 0.2) is 0 Å². The molecule has 0 unspecified atom stereocenters. The van der Waals surface area contributed by atoms with Crippen molar-refractivity contribution in [2.45, 2.75) is 6.42 Å². The summed E-state index contributed by atoms with van der Waals surface area (Å²) in [7, 11) is 0. The smallest absolute Gasteiger partial charge is 0.246 e. The van der Waals surface area contributed by atoms with Crippen molar-refractivity contribution in [3.63, 3.8) is 0 Å². The average Bonchev–Trinajstić information content (AvgIpc) is 2.43. The van der Waals surface area contributed by atoms with E-state index in [1.165, 1.54) is 22.2 Å². The summed E-state index contributed by atoms with van der Waals surface area (Å²) in [4.78, 5) is 35.5. The first-order valence-corrected chi connectivity index (χ1v) is 7.53. The molecule has 1 heterocycles. The molecular formula is C14H16N2O3S. The fourth-order valence-electron chi connectivity index (χ4n) is 1.90. The number of hydrogen-bond acceptors (Lipinski definition) is 4. The van der Waals surface area contributed by atoms with E-state index in [0.29, 0.717) is 5.75 Å². The predicted molar refractivity (Wildman–Crippen MR) is 77.2 cm³/mol. The molecule has 1 aliphatic heterocycles. The number of thioether (sulfide) groups is 1. The third-order valence-electron chi connectivity index (χ3n) is 2.90. The minimum Gasteiger partial charge on any atom is -0.323 e. The standard InChI is InChI=1S/C14H16N2O3S/c17-12-8-16(9-13(18)15-12)14(19)10-20-7-6-11-4-2-1-3-5-11/h1-5H,6-10H2,(H,15,17,18). The maximum Gasteiger partial charge on any atom is 0.246 e. The molecule has 106 valence electrons. The van der Waals surface area contributed by atoms with Gasteiger partial charge in [0.2, 0.25) is 17.7 Å². The van der Waals surface area contributed by atoms with Crippen molar-refractivity contribution < 1.29 is 14.4 Å². The molecular weight excluding hydrogens is 276 g/mol. The molecule has 1 N–H and O–H groups in total. The number of aryl methyl sites for hydroxylation is 1. The van der Waals surface area contributed by atoms with E-state index in [1.54, 1.807) is 0 Å². The molecule has 6 heteroatoms. The Morgan fingerprint density at radius 2 is 1.80 bits per heavy atom. The van der Waals surface area contributed by atoms with E-state index in [9.17, 15) is 14.4 Å². The van der Waals surface area contributed by atoms with Gasteiger partial charge in [-0.1, -0.05) is 30.3 Å². The Balaban J connectivity index is 1.70. The van der Waals surface area contributed by atoms with Gasteiger partial charge in [-0.25, -0.2) is 0 Å². The molecule has 0 radical (unpaired) electrons. The van der Waals surface area contributed by atoms with Gasteiger partial charge in [0.05, 0.1) is 5.75 Å². The highest BCUT2D eigenvalue weighted by molar-refractivity contribution is 7.99. The van der Waals surface area contributed by atoms with Crippen LogP contribution in [0.2, 0.25) is 0 Å². The molecule has 1 fully saturated rings. The van der Waals surface area contributed by atoms with Gasteiger partial charge in [0.25, 0.3) is 0 Å². The van der Waals surface area contributed by atoms with E-state index in [1.807, 2.05) is 18.2 Å². The lowest BCUT2D eigenvalue weighted by atomic mass is 10.2. The highest BCUT2D eigenvalue weighted by Crippen LogP contribution is 2.08. The molecule has 20 heavy (non-hydrogen) atoms. The maximum absolute atomic E-state index is 11.9. The SMILES string of the molecule is O=C1CN(C(=O)CSCCc2ccccc2)CC(=O)N1. The second-order valence-corrected chi connectivity index (χ2v) is 5.61. The Morgan fingerprint density at radius 3 is 2.45 bits per heavy atom. The number of nitrogens with zero attached hydrogens (tertiary/aromatic N) is 1. The van der Waals surface area contributed by atoms with Crippen molar-refractivity contribution in [3.8, 4) is 0 Å². The van der Waals surface area contributed by atoms with Crippen LogP contribution in [0.15, 0.2) is 30.3 Å². The Kier molecular flexibility index (Phi) is 5.17. The van der Waals surface area contributed by atoms with Gasteiger partial charge in [-0.3, -0.25) is 19.7 Å². The Hall–Kier alpha value is -1.82. The molecule has 0 aromatic heterocycles. The van der Waals surface area contributed by atoms with Crippen LogP contribution in [0.5, 0.6) is 0 Å². The van der Waals surface area contributed by atoms with Crippen LogP contribution in [0.3, 0.4) is 0 Å². The molecule has 0 saturated carbocycles. The van der Waals surface area contributed by atoms with Gasteiger partial charge in [0.1, 0.15) is 13.1 Å². The number of rotatable bonds is 5. The number of benzene rings is 1. The molecule has 1 aliphatic rings. The van der Waals surface area contributed by atoms with Crippen molar-refractivity contribution in [1.82, 2.24) is 10.2 Å². The Bertz CT molecular complexity index is 488. The fraction of sp³-hybridized carbons (Fsp3) is 0.357. The molecule has 1 aromatic carbocycles. The molecule has 1 saturated heterocycles. The average molecular weight is 292 g/mol. The summed E-state index contributed by atoms with van der Waals surface area (Å²) in [5.74, 6) is 0.149. The highest BCUT2D eigenvalue weighted by Gasteiger charge is 2.25. The van der Waals surface area contributed by atoms with Crippen LogP contribution in [0.25, 0.3) is 0 Å². The zero-order valence-electron chi connectivity index (χ0n) is 11.0. The molecule has 0 aliphatic carbocycles. The molecule has 2 rings (SSSR count). The summed E-state index contributed by atoms with van der Waals surface area (Å²) in [5, 5.41) is 2.17. The van der Waals surface area contributed by atoms with Crippen LogP contribution in [0.1, 0.15) is 5.56 Å². The molecule has 0 spiro atoms. The first-order valence-electron chi connectivity index (χ1n) is 6.37. The zero-order valence-corrected chi connectivity index (χ0v) is 11.8. The van der Waals surface area contributed by atoms with Crippen LogP contribution >= 0.6 is 11.8 Å². The minimum absolute atomic E-state index is 0.0240. The second-order valence-electron chi connectivity index (χ2n) is 4.51. The number of hydrogen-bond donors (Lipinski definition) is 1. The maximum atomic E-state index is 11.9. The quantitative estimate of drug-likeness (QED) is 0.632. The lowest BCUT2D eigenvalue weighted by Gasteiger charge is -2.25. The number of piperazine rings is 1. The fourth-order valence-corrected chi connectivity index (χ4v) is 2.78. The van der Waals surface area contributed by atoms with E-state index in [2.05, 4.69) is 17.4 Å². The van der Waals surface area contributed by atoms with E-state index in [4.69, 9.17) is 0 Å². The van der Waals surface area contributed by atoms with E-state index >= 15 is 0 Å². The van der Waals surface area contributed by atoms with Gasteiger partial charge in [-0.05, 0) is 17.7 Å². The Morgan fingerprint density at radius 1 is 1.15 bits per heavy atom.